The predicted octanol–water partition coefficient (Wildman–Crippen LogP) is 3.75. The summed E-state index contributed by atoms with van der Waals surface area (Å²) in [6, 6.07) is 9.35. The molecule has 1 aromatic carbocycles. The highest BCUT2D eigenvalue weighted by molar-refractivity contribution is 6.46. The molecule has 1 saturated heterocycles. The third kappa shape index (κ3) is 3.68. The van der Waals surface area contributed by atoms with Crippen LogP contribution in [0.15, 0.2) is 64.8 Å². The van der Waals surface area contributed by atoms with Crippen molar-refractivity contribution in [1.29, 1.82) is 0 Å². The monoisotopic (exact) mass is 422 g/mol. The number of aryl methyl sites for hydroxylation is 1. The maximum atomic E-state index is 13.9. The van der Waals surface area contributed by atoms with E-state index in [4.69, 9.17) is 9.15 Å². The Bertz CT molecular complexity index is 1190. The van der Waals surface area contributed by atoms with Crippen molar-refractivity contribution in [1.82, 2.24) is 9.88 Å². The molecule has 0 spiro atoms. The van der Waals surface area contributed by atoms with Gasteiger partial charge in [0.25, 0.3) is 11.7 Å². The molecule has 1 atom stereocenters. The fourth-order valence-electron chi connectivity index (χ4n) is 3.63. The van der Waals surface area contributed by atoms with E-state index >= 15 is 0 Å². The first kappa shape index (κ1) is 20.3. The lowest BCUT2D eigenvalue weighted by molar-refractivity contribution is -0.140. The molecular weight excluding hydrogens is 403 g/mol. The summed E-state index contributed by atoms with van der Waals surface area (Å²) >= 11 is 0. The van der Waals surface area contributed by atoms with E-state index in [0.29, 0.717) is 11.5 Å². The van der Waals surface area contributed by atoms with Crippen LogP contribution >= 0.6 is 0 Å². The Hall–Kier alpha value is -3.94. The lowest BCUT2D eigenvalue weighted by atomic mass is 9.98. The maximum absolute atomic E-state index is 13.9. The quantitative estimate of drug-likeness (QED) is 0.382. The van der Waals surface area contributed by atoms with E-state index < -0.39 is 29.3 Å². The summed E-state index contributed by atoms with van der Waals surface area (Å²) in [7, 11) is 1.36. The molecule has 31 heavy (non-hydrogen) atoms. The Kier molecular flexibility index (Phi) is 5.29. The molecule has 8 heteroatoms. The molecule has 0 bridgehead atoms. The number of halogens is 1. The molecule has 0 aliphatic carbocycles. The number of amides is 1. The highest BCUT2D eigenvalue weighted by Gasteiger charge is 2.47. The first-order valence-corrected chi connectivity index (χ1v) is 9.48. The van der Waals surface area contributed by atoms with Crippen molar-refractivity contribution in [2.24, 2.45) is 0 Å². The molecule has 1 aliphatic heterocycles. The number of likely N-dealkylation sites (tertiary alicyclic amines) is 1. The van der Waals surface area contributed by atoms with Crippen LogP contribution in [0.4, 0.5) is 4.39 Å². The van der Waals surface area contributed by atoms with Gasteiger partial charge in [0.1, 0.15) is 34.9 Å². The van der Waals surface area contributed by atoms with Crippen molar-refractivity contribution in [3.63, 3.8) is 0 Å². The number of rotatable bonds is 5. The van der Waals surface area contributed by atoms with Crippen molar-refractivity contribution >= 4 is 17.4 Å². The van der Waals surface area contributed by atoms with Gasteiger partial charge in [-0.25, -0.2) is 4.39 Å². The highest BCUT2D eigenvalue weighted by atomic mass is 19.1. The minimum Gasteiger partial charge on any atom is -0.507 e. The van der Waals surface area contributed by atoms with Crippen LogP contribution in [0.3, 0.4) is 0 Å². The molecule has 1 aliphatic rings. The summed E-state index contributed by atoms with van der Waals surface area (Å²) < 4.78 is 24.8. The molecule has 1 amide bonds. The molecule has 1 fully saturated rings. The van der Waals surface area contributed by atoms with Gasteiger partial charge < -0.3 is 19.2 Å². The maximum Gasteiger partial charge on any atom is 0.296 e. The van der Waals surface area contributed by atoms with E-state index in [1.165, 1.54) is 24.1 Å². The Morgan fingerprint density at radius 2 is 1.94 bits per heavy atom. The average molecular weight is 422 g/mol. The van der Waals surface area contributed by atoms with E-state index in [1.54, 1.807) is 43.6 Å². The van der Waals surface area contributed by atoms with Gasteiger partial charge in [0.05, 0.1) is 18.2 Å². The highest BCUT2D eigenvalue weighted by Crippen LogP contribution is 2.42. The number of aromatic nitrogens is 1. The summed E-state index contributed by atoms with van der Waals surface area (Å²) in [6.07, 6.45) is 3.16. The summed E-state index contributed by atoms with van der Waals surface area (Å²) in [5.74, 6) is -1.81. The Morgan fingerprint density at radius 1 is 1.19 bits per heavy atom. The summed E-state index contributed by atoms with van der Waals surface area (Å²) in [4.78, 5) is 31.2. The Labute approximate surface area is 177 Å². The second-order valence-corrected chi connectivity index (χ2v) is 7.08. The molecule has 3 heterocycles. The molecular formula is C23H19FN2O5. The molecule has 3 aromatic rings. The smallest absolute Gasteiger partial charge is 0.296 e. The molecule has 1 N–H and O–H groups in total. The molecule has 0 radical (unpaired) electrons. The van der Waals surface area contributed by atoms with Crippen molar-refractivity contribution in [3.05, 3.63) is 88.9 Å². The van der Waals surface area contributed by atoms with E-state index in [0.717, 1.165) is 11.6 Å². The summed E-state index contributed by atoms with van der Waals surface area (Å²) in [5, 5.41) is 11.0. The molecule has 2 aromatic heterocycles. The van der Waals surface area contributed by atoms with Gasteiger partial charge in [0, 0.05) is 18.9 Å². The van der Waals surface area contributed by atoms with Crippen LogP contribution in [0.2, 0.25) is 0 Å². The van der Waals surface area contributed by atoms with Crippen LogP contribution in [0.25, 0.3) is 5.76 Å². The zero-order valence-electron chi connectivity index (χ0n) is 16.8. The van der Waals surface area contributed by atoms with Gasteiger partial charge >= 0.3 is 0 Å². The average Bonchev–Trinajstić information content (AvgIpc) is 3.30. The summed E-state index contributed by atoms with van der Waals surface area (Å²) in [5.41, 5.74) is 0.517. The van der Waals surface area contributed by atoms with Crippen LogP contribution in [-0.4, -0.2) is 33.8 Å². The fourth-order valence-corrected chi connectivity index (χ4v) is 3.63. The van der Waals surface area contributed by atoms with E-state index in [1.807, 2.05) is 0 Å². The standard InChI is InChI=1S/C23H19FN2O5/c1-13-3-5-18(31-13)20-19(21(27)16-11-15(24)4-6-17(16)30-2)22(28)23(29)26(20)12-14-7-9-25-10-8-14/h3-11,20,27H,12H2,1-2H3/b21-19+. The lowest BCUT2D eigenvalue weighted by Gasteiger charge is -2.23. The fraction of sp³-hybridized carbons (Fsp3) is 0.174. The van der Waals surface area contributed by atoms with Crippen LogP contribution in [-0.2, 0) is 16.1 Å². The normalized spacial score (nSPS) is 17.9. The number of furan rings is 1. The number of carbonyl (C=O) groups is 2. The molecule has 4 rings (SSSR count). The van der Waals surface area contributed by atoms with Crippen LogP contribution in [0.1, 0.15) is 28.7 Å². The SMILES string of the molecule is COc1ccc(F)cc1/C(O)=C1\C(=O)C(=O)N(Cc2ccncc2)C1c1ccc(C)o1. The van der Waals surface area contributed by atoms with E-state index in [-0.39, 0.29) is 23.4 Å². The molecule has 158 valence electrons. The minimum atomic E-state index is -0.991. The van der Waals surface area contributed by atoms with Crippen molar-refractivity contribution in [2.45, 2.75) is 19.5 Å². The zero-order chi connectivity index (χ0) is 22.1. The number of methoxy groups -OCH3 is 1. The second kappa shape index (κ2) is 8.06. The second-order valence-electron chi connectivity index (χ2n) is 7.08. The Balaban J connectivity index is 1.89. The number of hydrogen-bond donors (Lipinski definition) is 1. The van der Waals surface area contributed by atoms with E-state index in [9.17, 15) is 19.1 Å². The van der Waals surface area contributed by atoms with E-state index in [2.05, 4.69) is 4.98 Å². The summed E-state index contributed by atoms with van der Waals surface area (Å²) in [6.45, 7) is 1.82. The number of hydrogen-bond acceptors (Lipinski definition) is 6. The van der Waals surface area contributed by atoms with Crippen molar-refractivity contribution in [2.75, 3.05) is 7.11 Å². The molecule has 7 nitrogen and oxygen atoms in total. The predicted molar refractivity (Wildman–Crippen MR) is 108 cm³/mol. The largest absolute Gasteiger partial charge is 0.507 e. The van der Waals surface area contributed by atoms with Gasteiger partial charge in [-0.2, -0.15) is 0 Å². The number of carbonyl (C=O) groups excluding carboxylic acids is 2. The van der Waals surface area contributed by atoms with Gasteiger partial charge in [-0.1, -0.05) is 0 Å². The number of aliphatic hydroxyl groups is 1. The first-order valence-electron chi connectivity index (χ1n) is 9.48. The Morgan fingerprint density at radius 3 is 2.58 bits per heavy atom. The first-order chi connectivity index (χ1) is 14.9. The number of nitrogens with zero attached hydrogens (tertiary/aromatic N) is 2. The lowest BCUT2D eigenvalue weighted by Crippen LogP contribution is -2.29. The van der Waals surface area contributed by atoms with Crippen molar-refractivity contribution in [3.8, 4) is 5.75 Å². The number of aliphatic hydroxyl groups excluding tert-OH is 1. The van der Waals surface area contributed by atoms with Gasteiger partial charge in [-0.05, 0) is 55.0 Å². The topological polar surface area (TPSA) is 92.9 Å². The number of ether oxygens (including phenoxy) is 1. The third-order valence-electron chi connectivity index (χ3n) is 5.09. The molecule has 0 saturated carbocycles. The van der Waals surface area contributed by atoms with Crippen LogP contribution in [0, 0.1) is 12.7 Å². The minimum absolute atomic E-state index is 0.0299. The van der Waals surface area contributed by atoms with Gasteiger partial charge in [0.15, 0.2) is 0 Å². The zero-order valence-corrected chi connectivity index (χ0v) is 16.8. The van der Waals surface area contributed by atoms with Crippen LogP contribution in [0.5, 0.6) is 5.75 Å². The van der Waals surface area contributed by atoms with Gasteiger partial charge in [-0.3, -0.25) is 14.6 Å². The molecule has 1 unspecified atom stereocenters. The number of Topliss-reactive ketones (excluding diaryl/α,β-unsaturated/α-hetero) is 1. The number of benzene rings is 1. The number of pyridine rings is 1. The van der Waals surface area contributed by atoms with Gasteiger partial charge in [-0.15, -0.1) is 0 Å². The van der Waals surface area contributed by atoms with Crippen molar-refractivity contribution < 1.29 is 28.2 Å². The third-order valence-corrected chi connectivity index (χ3v) is 5.09. The number of ketones is 1. The van der Waals surface area contributed by atoms with Gasteiger partial charge in [0.2, 0.25) is 0 Å². The van der Waals surface area contributed by atoms with Crippen LogP contribution < -0.4 is 4.74 Å².